The molecule has 2 rings (SSSR count). The molecule has 3 nitrogen and oxygen atoms in total. The predicted molar refractivity (Wildman–Crippen MR) is 87.2 cm³/mol. The summed E-state index contributed by atoms with van der Waals surface area (Å²) in [5.74, 6) is -2.45. The smallest absolute Gasteiger partial charge is 0.311 e. The molecule has 0 amide bonds. The van der Waals surface area contributed by atoms with E-state index in [-0.39, 0.29) is 17.2 Å². The summed E-state index contributed by atoms with van der Waals surface area (Å²) in [7, 11) is 0. The van der Waals surface area contributed by atoms with Crippen molar-refractivity contribution >= 4 is 46.6 Å². The zero-order valence-corrected chi connectivity index (χ0v) is 13.5. The predicted octanol–water partition coefficient (Wildman–Crippen LogP) is 5.09. The summed E-state index contributed by atoms with van der Waals surface area (Å²) in [6.07, 6.45) is -0.196. The van der Waals surface area contributed by atoms with Crippen molar-refractivity contribution in [3.63, 3.8) is 0 Å². The summed E-state index contributed by atoms with van der Waals surface area (Å²) < 4.78 is 0. The monoisotopic (exact) mass is 356 g/mol. The van der Waals surface area contributed by atoms with Crippen LogP contribution in [0.1, 0.15) is 28.3 Å². The number of benzene rings is 2. The van der Waals surface area contributed by atoms with Crippen LogP contribution in [0.15, 0.2) is 42.5 Å². The number of carbonyl (C=O) groups is 2. The summed E-state index contributed by atoms with van der Waals surface area (Å²) >= 11 is 17.6. The van der Waals surface area contributed by atoms with Crippen LogP contribution in [0.4, 0.5) is 0 Å². The largest absolute Gasteiger partial charge is 0.481 e. The number of halogens is 3. The fourth-order valence-corrected chi connectivity index (χ4v) is 2.72. The van der Waals surface area contributed by atoms with Crippen molar-refractivity contribution in [3.8, 4) is 0 Å². The zero-order chi connectivity index (χ0) is 16.3. The van der Waals surface area contributed by atoms with Gasteiger partial charge in [0.05, 0.1) is 5.92 Å². The lowest BCUT2D eigenvalue weighted by Crippen LogP contribution is -2.16. The number of carboxylic acids is 1. The second-order valence-corrected chi connectivity index (χ2v) is 5.97. The van der Waals surface area contributed by atoms with Crippen molar-refractivity contribution in [3.05, 3.63) is 68.7 Å². The van der Waals surface area contributed by atoms with Crippen molar-refractivity contribution in [1.82, 2.24) is 0 Å². The molecule has 0 radical (unpaired) electrons. The zero-order valence-electron chi connectivity index (χ0n) is 11.2. The average Bonchev–Trinajstić information content (AvgIpc) is 2.45. The van der Waals surface area contributed by atoms with E-state index in [9.17, 15) is 14.7 Å². The highest BCUT2D eigenvalue weighted by molar-refractivity contribution is 6.35. The fourth-order valence-electron chi connectivity index (χ4n) is 2.05. The molecule has 0 saturated carbocycles. The van der Waals surface area contributed by atoms with Gasteiger partial charge in [-0.05, 0) is 42.0 Å². The maximum absolute atomic E-state index is 12.2. The minimum atomic E-state index is -1.12. The van der Waals surface area contributed by atoms with Crippen molar-refractivity contribution in [1.29, 1.82) is 0 Å². The number of Topliss-reactive ketones (excluding diaryl/α,β-unsaturated/α-hetero) is 1. The van der Waals surface area contributed by atoms with Gasteiger partial charge < -0.3 is 5.11 Å². The third-order valence-electron chi connectivity index (χ3n) is 3.19. The number of rotatable bonds is 5. The molecule has 6 heteroatoms. The van der Waals surface area contributed by atoms with Gasteiger partial charge in [-0.2, -0.15) is 0 Å². The van der Waals surface area contributed by atoms with Gasteiger partial charge in [0.15, 0.2) is 5.78 Å². The third kappa shape index (κ3) is 4.01. The van der Waals surface area contributed by atoms with E-state index in [4.69, 9.17) is 34.8 Å². The minimum Gasteiger partial charge on any atom is -0.481 e. The molecule has 0 heterocycles. The SMILES string of the molecule is O=C(C[C@@H](C(=O)O)c1ccc(Cl)cc1Cl)c1ccc(Cl)cc1. The van der Waals surface area contributed by atoms with Crippen molar-refractivity contribution in [2.45, 2.75) is 12.3 Å². The van der Waals surface area contributed by atoms with Crippen molar-refractivity contribution < 1.29 is 14.7 Å². The maximum Gasteiger partial charge on any atom is 0.311 e. The van der Waals surface area contributed by atoms with Gasteiger partial charge in [-0.1, -0.05) is 40.9 Å². The molecule has 0 aromatic heterocycles. The lowest BCUT2D eigenvalue weighted by atomic mass is 9.91. The highest BCUT2D eigenvalue weighted by Gasteiger charge is 2.26. The van der Waals surface area contributed by atoms with E-state index in [0.717, 1.165) is 0 Å². The first-order chi connectivity index (χ1) is 10.4. The molecule has 1 atom stereocenters. The molecule has 0 bridgehead atoms. The third-order valence-corrected chi connectivity index (χ3v) is 4.01. The van der Waals surface area contributed by atoms with E-state index >= 15 is 0 Å². The Morgan fingerprint density at radius 1 is 0.955 bits per heavy atom. The highest BCUT2D eigenvalue weighted by atomic mass is 35.5. The number of carbonyl (C=O) groups excluding carboxylic acids is 1. The molecular weight excluding hydrogens is 347 g/mol. The van der Waals surface area contributed by atoms with Crippen LogP contribution in [0.5, 0.6) is 0 Å². The van der Waals surface area contributed by atoms with E-state index in [0.29, 0.717) is 21.2 Å². The average molecular weight is 358 g/mol. The van der Waals surface area contributed by atoms with Gasteiger partial charge in [0.2, 0.25) is 0 Å². The van der Waals surface area contributed by atoms with Gasteiger partial charge in [-0.25, -0.2) is 0 Å². The second kappa shape index (κ2) is 7.14. The maximum atomic E-state index is 12.2. The van der Waals surface area contributed by atoms with Crippen LogP contribution in [-0.2, 0) is 4.79 Å². The van der Waals surface area contributed by atoms with Gasteiger partial charge >= 0.3 is 5.97 Å². The van der Waals surface area contributed by atoms with Crippen LogP contribution < -0.4 is 0 Å². The van der Waals surface area contributed by atoms with Gasteiger partial charge in [0, 0.05) is 27.1 Å². The van der Waals surface area contributed by atoms with Gasteiger partial charge in [-0.3, -0.25) is 9.59 Å². The molecule has 114 valence electrons. The minimum absolute atomic E-state index is 0.196. The molecule has 0 saturated heterocycles. The molecule has 22 heavy (non-hydrogen) atoms. The molecule has 2 aromatic rings. The first-order valence-corrected chi connectivity index (χ1v) is 7.48. The summed E-state index contributed by atoms with van der Waals surface area (Å²) in [4.78, 5) is 23.7. The van der Waals surface area contributed by atoms with Crippen molar-refractivity contribution in [2.24, 2.45) is 0 Å². The number of hydrogen-bond donors (Lipinski definition) is 1. The van der Waals surface area contributed by atoms with E-state index in [1.807, 2.05) is 0 Å². The first kappa shape index (κ1) is 16.8. The molecule has 0 aliphatic heterocycles. The second-order valence-electron chi connectivity index (χ2n) is 4.69. The van der Waals surface area contributed by atoms with Crippen LogP contribution >= 0.6 is 34.8 Å². The summed E-state index contributed by atoms with van der Waals surface area (Å²) in [5.41, 5.74) is 0.765. The van der Waals surface area contributed by atoms with Gasteiger partial charge in [0.25, 0.3) is 0 Å². The van der Waals surface area contributed by atoms with Crippen LogP contribution in [0.25, 0.3) is 0 Å². The van der Waals surface area contributed by atoms with Crippen molar-refractivity contribution in [2.75, 3.05) is 0 Å². The number of carboxylic acid groups (broad SMARTS) is 1. The Kier molecular flexibility index (Phi) is 5.46. The molecule has 0 spiro atoms. The van der Waals surface area contributed by atoms with E-state index in [1.165, 1.54) is 12.1 Å². The van der Waals surface area contributed by atoms with Crippen LogP contribution in [0.2, 0.25) is 15.1 Å². The Balaban J connectivity index is 2.27. The lowest BCUT2D eigenvalue weighted by Gasteiger charge is -2.14. The summed E-state index contributed by atoms with van der Waals surface area (Å²) in [6, 6.07) is 10.8. The normalized spacial score (nSPS) is 12.0. The fraction of sp³-hybridized carbons (Fsp3) is 0.125. The van der Waals surface area contributed by atoms with Gasteiger partial charge in [0.1, 0.15) is 0 Å². The number of hydrogen-bond acceptors (Lipinski definition) is 2. The molecule has 0 fully saturated rings. The molecule has 0 unspecified atom stereocenters. The first-order valence-electron chi connectivity index (χ1n) is 6.35. The molecule has 0 aliphatic carbocycles. The van der Waals surface area contributed by atoms with Crippen LogP contribution in [-0.4, -0.2) is 16.9 Å². The Hall–Kier alpha value is -1.55. The number of aliphatic carboxylic acids is 1. The molecule has 1 N–H and O–H groups in total. The van der Waals surface area contributed by atoms with E-state index < -0.39 is 11.9 Å². The van der Waals surface area contributed by atoms with Crippen LogP contribution in [0.3, 0.4) is 0 Å². The molecule has 2 aromatic carbocycles. The molecular formula is C16H11Cl3O3. The highest BCUT2D eigenvalue weighted by Crippen LogP contribution is 2.31. The Labute approximate surface area is 142 Å². The lowest BCUT2D eigenvalue weighted by molar-refractivity contribution is -0.138. The van der Waals surface area contributed by atoms with E-state index in [2.05, 4.69) is 0 Å². The Morgan fingerprint density at radius 2 is 1.55 bits per heavy atom. The standard InChI is InChI=1S/C16H11Cl3O3/c17-10-3-1-9(2-4-10)15(20)8-13(16(21)22)12-6-5-11(18)7-14(12)19/h1-7,13H,8H2,(H,21,22)/t13-/m1/s1. The Morgan fingerprint density at radius 3 is 2.09 bits per heavy atom. The topological polar surface area (TPSA) is 54.4 Å². The Bertz CT molecular complexity index is 711. The van der Waals surface area contributed by atoms with E-state index in [1.54, 1.807) is 30.3 Å². The number of ketones is 1. The van der Waals surface area contributed by atoms with Crippen LogP contribution in [0, 0.1) is 0 Å². The van der Waals surface area contributed by atoms with Gasteiger partial charge in [-0.15, -0.1) is 0 Å². The summed E-state index contributed by atoms with van der Waals surface area (Å²) in [5, 5.41) is 10.5. The molecule has 0 aliphatic rings. The quantitative estimate of drug-likeness (QED) is 0.758. The summed E-state index contributed by atoms with van der Waals surface area (Å²) in [6.45, 7) is 0.